The summed E-state index contributed by atoms with van der Waals surface area (Å²) in [5.41, 5.74) is 2.16. The van der Waals surface area contributed by atoms with E-state index in [2.05, 4.69) is 5.32 Å². The van der Waals surface area contributed by atoms with Crippen molar-refractivity contribution >= 4 is 5.91 Å². The van der Waals surface area contributed by atoms with Crippen molar-refractivity contribution in [3.8, 4) is 11.5 Å². The molecule has 4 heteroatoms. The highest BCUT2D eigenvalue weighted by molar-refractivity contribution is 5.80. The van der Waals surface area contributed by atoms with Crippen LogP contribution < -0.4 is 14.8 Å². The van der Waals surface area contributed by atoms with E-state index in [1.807, 2.05) is 48.5 Å². The minimum Gasteiger partial charge on any atom is -0.493 e. The molecule has 2 unspecified atom stereocenters. The van der Waals surface area contributed by atoms with Gasteiger partial charge in [-0.3, -0.25) is 4.79 Å². The van der Waals surface area contributed by atoms with Crippen LogP contribution in [0, 0.1) is 5.92 Å². The second-order valence-corrected chi connectivity index (χ2v) is 6.06. The average Bonchev–Trinajstić information content (AvgIpc) is 2.61. The third-order valence-corrected chi connectivity index (χ3v) is 4.52. The van der Waals surface area contributed by atoms with Crippen LogP contribution in [0.3, 0.4) is 0 Å². The summed E-state index contributed by atoms with van der Waals surface area (Å²) >= 11 is 0. The molecule has 2 aromatic rings. The number of hydrogen-bond acceptors (Lipinski definition) is 3. The SMILES string of the molecule is O=C(NC1CCOc2ccccc21)C1COc2ccccc2C1. The van der Waals surface area contributed by atoms with Crippen LogP contribution in [0.15, 0.2) is 48.5 Å². The van der Waals surface area contributed by atoms with E-state index in [4.69, 9.17) is 9.47 Å². The van der Waals surface area contributed by atoms with E-state index in [1.165, 1.54) is 0 Å². The molecule has 0 bridgehead atoms. The molecule has 1 N–H and O–H groups in total. The van der Waals surface area contributed by atoms with Crippen LogP contribution in [-0.2, 0) is 11.2 Å². The van der Waals surface area contributed by atoms with Crippen molar-refractivity contribution in [1.82, 2.24) is 5.32 Å². The van der Waals surface area contributed by atoms with Gasteiger partial charge >= 0.3 is 0 Å². The lowest BCUT2D eigenvalue weighted by Gasteiger charge is -2.30. The van der Waals surface area contributed by atoms with Crippen LogP contribution in [-0.4, -0.2) is 19.1 Å². The smallest absolute Gasteiger partial charge is 0.227 e. The number of fused-ring (bicyclic) bond motifs is 2. The Balaban J connectivity index is 1.47. The van der Waals surface area contributed by atoms with Gasteiger partial charge in [0, 0.05) is 12.0 Å². The van der Waals surface area contributed by atoms with Gasteiger partial charge in [-0.25, -0.2) is 0 Å². The summed E-state index contributed by atoms with van der Waals surface area (Å²) < 4.78 is 11.4. The standard InChI is InChI=1S/C19H19NO3/c21-19(14-11-13-5-1-3-7-17(13)23-12-14)20-16-9-10-22-18-8-4-2-6-15(16)18/h1-8,14,16H,9-12H2,(H,20,21). The number of para-hydroxylation sites is 2. The number of benzene rings is 2. The molecule has 0 saturated heterocycles. The molecule has 2 aliphatic heterocycles. The lowest BCUT2D eigenvalue weighted by molar-refractivity contribution is -0.127. The average molecular weight is 309 g/mol. The van der Waals surface area contributed by atoms with Crippen LogP contribution in [0.1, 0.15) is 23.6 Å². The predicted octanol–water partition coefficient (Wildman–Crippen LogP) is 2.88. The van der Waals surface area contributed by atoms with Gasteiger partial charge in [-0.2, -0.15) is 0 Å². The Morgan fingerprint density at radius 3 is 2.70 bits per heavy atom. The van der Waals surface area contributed by atoms with E-state index < -0.39 is 0 Å². The molecule has 2 atom stereocenters. The second-order valence-electron chi connectivity index (χ2n) is 6.06. The summed E-state index contributed by atoms with van der Waals surface area (Å²) in [6.07, 6.45) is 1.53. The van der Waals surface area contributed by atoms with Gasteiger partial charge in [-0.1, -0.05) is 36.4 Å². The molecule has 118 valence electrons. The first-order valence-electron chi connectivity index (χ1n) is 8.04. The van der Waals surface area contributed by atoms with E-state index in [0.717, 1.165) is 35.5 Å². The van der Waals surface area contributed by atoms with E-state index in [9.17, 15) is 4.79 Å². The highest BCUT2D eigenvalue weighted by atomic mass is 16.5. The van der Waals surface area contributed by atoms with E-state index in [-0.39, 0.29) is 17.9 Å². The Bertz CT molecular complexity index is 728. The second kappa shape index (κ2) is 5.95. The molecule has 1 amide bonds. The van der Waals surface area contributed by atoms with Gasteiger partial charge in [0.1, 0.15) is 18.1 Å². The number of ether oxygens (including phenoxy) is 2. The van der Waals surface area contributed by atoms with Gasteiger partial charge in [0.25, 0.3) is 0 Å². The fourth-order valence-corrected chi connectivity index (χ4v) is 3.28. The van der Waals surface area contributed by atoms with Crippen molar-refractivity contribution in [2.45, 2.75) is 18.9 Å². The monoisotopic (exact) mass is 309 g/mol. The van der Waals surface area contributed by atoms with Crippen molar-refractivity contribution in [2.75, 3.05) is 13.2 Å². The molecule has 0 aliphatic carbocycles. The highest BCUT2D eigenvalue weighted by Gasteiger charge is 2.29. The van der Waals surface area contributed by atoms with Crippen LogP contribution in [0.25, 0.3) is 0 Å². The van der Waals surface area contributed by atoms with Crippen molar-refractivity contribution < 1.29 is 14.3 Å². The van der Waals surface area contributed by atoms with Crippen LogP contribution >= 0.6 is 0 Å². The van der Waals surface area contributed by atoms with Gasteiger partial charge in [0.2, 0.25) is 5.91 Å². The Labute approximate surface area is 135 Å². The zero-order valence-electron chi connectivity index (χ0n) is 12.8. The predicted molar refractivity (Wildman–Crippen MR) is 86.6 cm³/mol. The molecule has 2 heterocycles. The van der Waals surface area contributed by atoms with E-state index >= 15 is 0 Å². The molecule has 0 radical (unpaired) electrons. The maximum atomic E-state index is 12.7. The van der Waals surface area contributed by atoms with Crippen molar-refractivity contribution in [3.63, 3.8) is 0 Å². The molecule has 4 nitrogen and oxygen atoms in total. The molecule has 2 aromatic carbocycles. The fourth-order valence-electron chi connectivity index (χ4n) is 3.28. The number of amides is 1. The van der Waals surface area contributed by atoms with Crippen molar-refractivity contribution in [2.24, 2.45) is 5.92 Å². The summed E-state index contributed by atoms with van der Waals surface area (Å²) in [6, 6.07) is 15.8. The molecule has 0 aromatic heterocycles. The fraction of sp³-hybridized carbons (Fsp3) is 0.316. The van der Waals surface area contributed by atoms with Crippen LogP contribution in [0.5, 0.6) is 11.5 Å². The molecular weight excluding hydrogens is 290 g/mol. The largest absolute Gasteiger partial charge is 0.493 e. The lowest BCUT2D eigenvalue weighted by Crippen LogP contribution is -2.40. The third kappa shape index (κ3) is 2.77. The van der Waals surface area contributed by atoms with Crippen molar-refractivity contribution in [3.05, 3.63) is 59.7 Å². The molecule has 0 fully saturated rings. The Morgan fingerprint density at radius 2 is 1.78 bits per heavy atom. The molecule has 23 heavy (non-hydrogen) atoms. The zero-order chi connectivity index (χ0) is 15.6. The maximum absolute atomic E-state index is 12.7. The van der Waals surface area contributed by atoms with Crippen molar-refractivity contribution in [1.29, 1.82) is 0 Å². The van der Waals surface area contributed by atoms with Gasteiger partial charge in [-0.15, -0.1) is 0 Å². The topological polar surface area (TPSA) is 47.6 Å². The summed E-state index contributed by atoms with van der Waals surface area (Å²) in [7, 11) is 0. The summed E-state index contributed by atoms with van der Waals surface area (Å²) in [5.74, 6) is 1.68. The first kappa shape index (κ1) is 14.1. The first-order chi connectivity index (χ1) is 11.3. The van der Waals surface area contributed by atoms with Gasteiger partial charge in [-0.05, 0) is 24.1 Å². The molecule has 2 aliphatic rings. The van der Waals surface area contributed by atoms with Crippen LogP contribution in [0.2, 0.25) is 0 Å². The van der Waals surface area contributed by atoms with Gasteiger partial charge in [0.05, 0.1) is 18.6 Å². The Morgan fingerprint density at radius 1 is 1.00 bits per heavy atom. The molecule has 0 saturated carbocycles. The number of nitrogens with one attached hydrogen (secondary N) is 1. The minimum atomic E-state index is -0.139. The number of carbonyl (C=O) groups excluding carboxylic acids is 1. The molecular formula is C19H19NO3. The first-order valence-corrected chi connectivity index (χ1v) is 8.04. The summed E-state index contributed by atoms with van der Waals surface area (Å²) in [5, 5.41) is 3.18. The molecule has 4 rings (SSSR count). The summed E-state index contributed by atoms with van der Waals surface area (Å²) in [6.45, 7) is 1.07. The minimum absolute atomic E-state index is 0.0182. The maximum Gasteiger partial charge on any atom is 0.227 e. The lowest BCUT2D eigenvalue weighted by atomic mass is 9.94. The zero-order valence-corrected chi connectivity index (χ0v) is 12.8. The van der Waals surface area contributed by atoms with Gasteiger partial charge < -0.3 is 14.8 Å². The quantitative estimate of drug-likeness (QED) is 0.928. The van der Waals surface area contributed by atoms with E-state index in [0.29, 0.717) is 13.2 Å². The summed E-state index contributed by atoms with van der Waals surface area (Å²) in [4.78, 5) is 12.7. The van der Waals surface area contributed by atoms with Gasteiger partial charge in [0.15, 0.2) is 0 Å². The Kier molecular flexibility index (Phi) is 3.66. The third-order valence-electron chi connectivity index (χ3n) is 4.52. The number of hydrogen-bond donors (Lipinski definition) is 1. The number of carbonyl (C=O) groups is 1. The highest BCUT2D eigenvalue weighted by Crippen LogP contribution is 2.32. The molecule has 0 spiro atoms. The Hall–Kier alpha value is -2.49. The van der Waals surface area contributed by atoms with E-state index in [1.54, 1.807) is 0 Å². The normalized spacial score (nSPS) is 22.1. The van der Waals surface area contributed by atoms with Crippen LogP contribution in [0.4, 0.5) is 0 Å². The number of rotatable bonds is 2.